The van der Waals surface area contributed by atoms with Crippen LogP contribution in [0.5, 0.6) is 0 Å². The van der Waals surface area contributed by atoms with Crippen molar-refractivity contribution < 1.29 is 0 Å². The topological polar surface area (TPSA) is 30.7 Å². The first-order valence-corrected chi connectivity index (χ1v) is 6.68. The molecule has 0 aliphatic carbocycles. The molecule has 0 aliphatic heterocycles. The van der Waals surface area contributed by atoms with Gasteiger partial charge in [0.15, 0.2) is 11.6 Å². The van der Waals surface area contributed by atoms with Crippen molar-refractivity contribution in [3.63, 3.8) is 0 Å². The highest BCUT2D eigenvalue weighted by atomic mass is 15.3. The fourth-order valence-electron chi connectivity index (χ4n) is 2.24. The van der Waals surface area contributed by atoms with Crippen LogP contribution in [0.2, 0.25) is 0 Å². The molecule has 0 bridgehead atoms. The van der Waals surface area contributed by atoms with Gasteiger partial charge in [0.1, 0.15) is 0 Å². The molecular formula is C17H17N3. The van der Waals surface area contributed by atoms with Gasteiger partial charge in [0.25, 0.3) is 0 Å². The Balaban J connectivity index is 2.04. The van der Waals surface area contributed by atoms with Gasteiger partial charge in [-0.15, -0.1) is 10.2 Å². The molecule has 0 saturated carbocycles. The molecule has 3 heteroatoms. The molecule has 20 heavy (non-hydrogen) atoms. The lowest BCUT2D eigenvalue weighted by molar-refractivity contribution is 0.929. The second-order valence-corrected chi connectivity index (χ2v) is 5.14. The predicted octanol–water partition coefficient (Wildman–Crippen LogP) is 3.77. The van der Waals surface area contributed by atoms with Gasteiger partial charge in [0.2, 0.25) is 0 Å². The minimum absolute atomic E-state index is 0.889. The maximum absolute atomic E-state index is 4.33. The van der Waals surface area contributed by atoms with Crippen LogP contribution in [0.25, 0.3) is 22.8 Å². The highest BCUT2D eigenvalue weighted by Crippen LogP contribution is 2.23. The number of aromatic nitrogens is 3. The third kappa shape index (κ3) is 2.23. The van der Waals surface area contributed by atoms with Crippen molar-refractivity contribution >= 4 is 0 Å². The number of hydrogen-bond acceptors (Lipinski definition) is 2. The molecule has 100 valence electrons. The van der Waals surface area contributed by atoms with E-state index in [4.69, 9.17) is 0 Å². The Hall–Kier alpha value is -2.42. The zero-order valence-corrected chi connectivity index (χ0v) is 12.0. The third-order valence-electron chi connectivity index (χ3n) is 3.49. The van der Waals surface area contributed by atoms with Crippen LogP contribution < -0.4 is 0 Å². The highest BCUT2D eigenvalue weighted by Gasteiger charge is 2.11. The normalized spacial score (nSPS) is 10.8. The molecule has 3 nitrogen and oxygen atoms in total. The first-order valence-electron chi connectivity index (χ1n) is 6.68. The Labute approximate surface area is 118 Å². The number of benzene rings is 2. The minimum Gasteiger partial charge on any atom is -0.310 e. The smallest absolute Gasteiger partial charge is 0.163 e. The summed E-state index contributed by atoms with van der Waals surface area (Å²) < 4.78 is 2.04. The lowest BCUT2D eigenvalue weighted by Gasteiger charge is -2.05. The summed E-state index contributed by atoms with van der Waals surface area (Å²) in [4.78, 5) is 0. The largest absolute Gasteiger partial charge is 0.310 e. The first kappa shape index (κ1) is 12.6. The van der Waals surface area contributed by atoms with Crippen LogP contribution in [-0.2, 0) is 7.05 Å². The zero-order chi connectivity index (χ0) is 14.1. The molecule has 0 atom stereocenters. The summed E-state index contributed by atoms with van der Waals surface area (Å²) in [6.45, 7) is 4.16. The van der Waals surface area contributed by atoms with Crippen LogP contribution in [0, 0.1) is 13.8 Å². The van der Waals surface area contributed by atoms with Crippen LogP contribution in [-0.4, -0.2) is 14.8 Å². The Morgan fingerprint density at radius 3 is 1.35 bits per heavy atom. The number of aryl methyl sites for hydroxylation is 2. The van der Waals surface area contributed by atoms with E-state index in [0.29, 0.717) is 0 Å². The molecule has 1 aromatic heterocycles. The van der Waals surface area contributed by atoms with Crippen molar-refractivity contribution in [2.24, 2.45) is 7.05 Å². The van der Waals surface area contributed by atoms with E-state index in [2.05, 4.69) is 72.6 Å². The van der Waals surface area contributed by atoms with Gasteiger partial charge in [-0.1, -0.05) is 59.7 Å². The molecule has 0 N–H and O–H groups in total. The Kier molecular flexibility index (Phi) is 3.11. The van der Waals surface area contributed by atoms with Crippen molar-refractivity contribution in [2.75, 3.05) is 0 Å². The summed E-state index contributed by atoms with van der Waals surface area (Å²) >= 11 is 0. The summed E-state index contributed by atoms with van der Waals surface area (Å²) in [6, 6.07) is 16.7. The van der Waals surface area contributed by atoms with E-state index in [1.807, 2.05) is 11.6 Å². The van der Waals surface area contributed by atoms with Gasteiger partial charge in [-0.2, -0.15) is 0 Å². The minimum atomic E-state index is 0.889. The average Bonchev–Trinajstić information content (AvgIpc) is 2.83. The molecule has 0 amide bonds. The molecule has 0 saturated heterocycles. The van der Waals surface area contributed by atoms with E-state index >= 15 is 0 Å². The van der Waals surface area contributed by atoms with Crippen LogP contribution in [0.15, 0.2) is 48.5 Å². The van der Waals surface area contributed by atoms with Gasteiger partial charge in [0, 0.05) is 18.2 Å². The van der Waals surface area contributed by atoms with Gasteiger partial charge in [0.05, 0.1) is 0 Å². The molecule has 0 spiro atoms. The summed E-state index contributed by atoms with van der Waals surface area (Å²) in [5.74, 6) is 1.78. The molecule has 0 aliphatic rings. The van der Waals surface area contributed by atoms with Crippen molar-refractivity contribution in [3.8, 4) is 22.8 Å². The number of hydrogen-bond donors (Lipinski definition) is 0. The summed E-state index contributed by atoms with van der Waals surface area (Å²) in [5.41, 5.74) is 4.66. The molecule has 0 unspecified atom stereocenters. The van der Waals surface area contributed by atoms with E-state index in [9.17, 15) is 0 Å². The van der Waals surface area contributed by atoms with Gasteiger partial charge in [-0.25, -0.2) is 0 Å². The third-order valence-corrected chi connectivity index (χ3v) is 3.49. The molecular weight excluding hydrogens is 246 g/mol. The van der Waals surface area contributed by atoms with Crippen molar-refractivity contribution in [3.05, 3.63) is 59.7 Å². The fourth-order valence-corrected chi connectivity index (χ4v) is 2.24. The van der Waals surface area contributed by atoms with Crippen LogP contribution in [0.3, 0.4) is 0 Å². The molecule has 2 aromatic carbocycles. The Bertz CT molecular complexity index is 659. The monoisotopic (exact) mass is 263 g/mol. The van der Waals surface area contributed by atoms with E-state index in [-0.39, 0.29) is 0 Å². The van der Waals surface area contributed by atoms with Crippen molar-refractivity contribution in [1.29, 1.82) is 0 Å². The van der Waals surface area contributed by atoms with E-state index in [0.717, 1.165) is 22.8 Å². The Morgan fingerprint density at radius 1 is 0.650 bits per heavy atom. The fraction of sp³-hybridized carbons (Fsp3) is 0.176. The maximum Gasteiger partial charge on any atom is 0.163 e. The maximum atomic E-state index is 4.33. The second kappa shape index (κ2) is 4.93. The first-order chi connectivity index (χ1) is 9.65. The molecule has 3 aromatic rings. The van der Waals surface area contributed by atoms with Gasteiger partial charge in [-0.05, 0) is 13.8 Å². The zero-order valence-electron chi connectivity index (χ0n) is 12.0. The Morgan fingerprint density at radius 2 is 1.00 bits per heavy atom. The van der Waals surface area contributed by atoms with E-state index < -0.39 is 0 Å². The number of nitrogens with zero attached hydrogens (tertiary/aromatic N) is 3. The quantitative estimate of drug-likeness (QED) is 0.704. The van der Waals surface area contributed by atoms with Crippen LogP contribution >= 0.6 is 0 Å². The average molecular weight is 263 g/mol. The SMILES string of the molecule is Cc1ccc(-c2nnc(-c3ccc(C)cc3)n2C)cc1. The van der Waals surface area contributed by atoms with Crippen LogP contribution in [0.1, 0.15) is 11.1 Å². The van der Waals surface area contributed by atoms with Gasteiger partial charge in [-0.3, -0.25) is 0 Å². The highest BCUT2D eigenvalue weighted by molar-refractivity contribution is 5.62. The standard InChI is InChI=1S/C17H17N3/c1-12-4-8-14(9-5-12)16-18-19-17(20(16)3)15-10-6-13(2)7-11-15/h4-11H,1-3H3. The summed E-state index contributed by atoms with van der Waals surface area (Å²) in [7, 11) is 2.00. The lowest BCUT2D eigenvalue weighted by atomic mass is 10.1. The van der Waals surface area contributed by atoms with E-state index in [1.54, 1.807) is 0 Å². The molecule has 0 radical (unpaired) electrons. The van der Waals surface area contributed by atoms with Crippen molar-refractivity contribution in [2.45, 2.75) is 13.8 Å². The molecule has 0 fully saturated rings. The van der Waals surface area contributed by atoms with E-state index in [1.165, 1.54) is 11.1 Å². The predicted molar refractivity (Wildman–Crippen MR) is 81.3 cm³/mol. The van der Waals surface area contributed by atoms with Gasteiger partial charge >= 0.3 is 0 Å². The van der Waals surface area contributed by atoms with Crippen LogP contribution in [0.4, 0.5) is 0 Å². The second-order valence-electron chi connectivity index (χ2n) is 5.14. The summed E-state index contributed by atoms with van der Waals surface area (Å²) in [6.07, 6.45) is 0. The van der Waals surface area contributed by atoms with Gasteiger partial charge < -0.3 is 4.57 Å². The summed E-state index contributed by atoms with van der Waals surface area (Å²) in [5, 5.41) is 8.65. The van der Waals surface area contributed by atoms with Crippen molar-refractivity contribution in [1.82, 2.24) is 14.8 Å². The lowest BCUT2D eigenvalue weighted by Crippen LogP contribution is -1.95. The number of rotatable bonds is 2. The molecule has 3 rings (SSSR count). The molecule has 1 heterocycles.